The van der Waals surface area contributed by atoms with E-state index in [1.165, 1.54) is 88.2 Å². The van der Waals surface area contributed by atoms with Gasteiger partial charge in [-0.2, -0.15) is 0 Å². The van der Waals surface area contributed by atoms with Gasteiger partial charge in [-0.3, -0.25) is 0 Å². The first-order valence-electron chi connectivity index (χ1n) is 11.7. The molecular weight excluding hydrogens is 336 g/mol. The van der Waals surface area contributed by atoms with E-state index in [-0.39, 0.29) is 0 Å². The highest BCUT2D eigenvalue weighted by molar-refractivity contribution is 5.53. The maximum atomic E-state index is 3.18. The summed E-state index contributed by atoms with van der Waals surface area (Å²) in [4.78, 5) is 0. The molecule has 0 aromatic heterocycles. The first-order chi connectivity index (χ1) is 13.8. The minimum absolute atomic E-state index is 0.751. The summed E-state index contributed by atoms with van der Waals surface area (Å²) in [6, 6.07) is 8.91. The number of benzene rings is 1. The highest BCUT2D eigenvalue weighted by Gasteiger charge is 2.18. The van der Waals surface area contributed by atoms with Crippen molar-refractivity contribution in [3.63, 3.8) is 0 Å². The SMILES string of the molecule is CCCCCc1ccc(C=CC#CC=C[C@H]2CC[C@H](CCCCC)CC2)cc1. The molecule has 0 N–H and O–H groups in total. The van der Waals surface area contributed by atoms with Gasteiger partial charge in [0, 0.05) is 0 Å². The molecule has 0 amide bonds. The Kier molecular flexibility index (Phi) is 11.5. The summed E-state index contributed by atoms with van der Waals surface area (Å²) in [6.45, 7) is 4.55. The Morgan fingerprint density at radius 1 is 0.821 bits per heavy atom. The maximum Gasteiger partial charge on any atom is -0.0109 e. The highest BCUT2D eigenvalue weighted by Crippen LogP contribution is 2.32. The van der Waals surface area contributed by atoms with Crippen LogP contribution in [0.1, 0.15) is 95.6 Å². The third-order valence-corrected chi connectivity index (χ3v) is 6.05. The van der Waals surface area contributed by atoms with Gasteiger partial charge in [0.2, 0.25) is 0 Å². The van der Waals surface area contributed by atoms with Gasteiger partial charge in [0.15, 0.2) is 0 Å². The van der Waals surface area contributed by atoms with Crippen molar-refractivity contribution in [3.8, 4) is 11.8 Å². The molecule has 0 saturated heterocycles. The van der Waals surface area contributed by atoms with Crippen LogP contribution in [0, 0.1) is 23.7 Å². The molecule has 1 saturated carbocycles. The van der Waals surface area contributed by atoms with Crippen LogP contribution in [0.2, 0.25) is 0 Å². The zero-order chi connectivity index (χ0) is 19.9. The van der Waals surface area contributed by atoms with E-state index in [0.29, 0.717) is 0 Å². The quantitative estimate of drug-likeness (QED) is 0.284. The summed E-state index contributed by atoms with van der Waals surface area (Å²) in [5, 5.41) is 0. The van der Waals surface area contributed by atoms with Crippen molar-refractivity contribution in [1.82, 2.24) is 0 Å². The van der Waals surface area contributed by atoms with Gasteiger partial charge in [0.1, 0.15) is 0 Å². The third kappa shape index (κ3) is 9.45. The van der Waals surface area contributed by atoms with Crippen molar-refractivity contribution in [3.05, 3.63) is 53.6 Å². The average Bonchev–Trinajstić information content (AvgIpc) is 2.73. The predicted octanol–water partition coefficient (Wildman–Crippen LogP) is 8.38. The van der Waals surface area contributed by atoms with Crippen LogP contribution in [0.5, 0.6) is 0 Å². The molecule has 152 valence electrons. The van der Waals surface area contributed by atoms with E-state index >= 15 is 0 Å². The molecule has 0 aliphatic heterocycles. The molecule has 0 spiro atoms. The number of allylic oxidation sites excluding steroid dienone is 3. The molecule has 0 atom stereocenters. The lowest BCUT2D eigenvalue weighted by molar-refractivity contribution is 0.289. The minimum atomic E-state index is 0.751. The molecule has 0 bridgehead atoms. The molecule has 0 nitrogen and oxygen atoms in total. The molecule has 0 radical (unpaired) electrons. The standard InChI is InChI=1S/C28H40/c1-3-5-9-13-25-17-21-27(22-18-25)15-11-7-8-12-16-28-23-19-26(20-24-28)14-10-6-4-2/h11-12,15-18,21-22,26,28H,3-6,9-10,13-14,19-20,23-24H2,1-2H3/t26-,28-. The molecule has 1 fully saturated rings. The highest BCUT2D eigenvalue weighted by atomic mass is 14.2. The number of unbranched alkanes of at least 4 members (excludes halogenated alkanes) is 4. The van der Waals surface area contributed by atoms with Crippen LogP contribution in [-0.4, -0.2) is 0 Å². The molecule has 0 heteroatoms. The summed E-state index contributed by atoms with van der Waals surface area (Å²) in [5.41, 5.74) is 2.68. The average molecular weight is 377 g/mol. The van der Waals surface area contributed by atoms with Gasteiger partial charge in [0.25, 0.3) is 0 Å². The van der Waals surface area contributed by atoms with Gasteiger partial charge >= 0.3 is 0 Å². The summed E-state index contributed by atoms with van der Waals surface area (Å²) in [6.07, 6.45) is 24.8. The van der Waals surface area contributed by atoms with Crippen LogP contribution in [0.3, 0.4) is 0 Å². The van der Waals surface area contributed by atoms with E-state index in [4.69, 9.17) is 0 Å². The van der Waals surface area contributed by atoms with E-state index in [0.717, 1.165) is 11.8 Å². The first-order valence-corrected chi connectivity index (χ1v) is 11.7. The minimum Gasteiger partial charge on any atom is -0.0730 e. The number of hydrogen-bond donors (Lipinski definition) is 0. The van der Waals surface area contributed by atoms with Crippen molar-refractivity contribution < 1.29 is 0 Å². The lowest BCUT2D eigenvalue weighted by atomic mass is 9.79. The third-order valence-electron chi connectivity index (χ3n) is 6.05. The van der Waals surface area contributed by atoms with Crippen LogP contribution in [0.4, 0.5) is 0 Å². The zero-order valence-corrected chi connectivity index (χ0v) is 18.3. The van der Waals surface area contributed by atoms with Crippen molar-refractivity contribution in [2.75, 3.05) is 0 Å². The lowest BCUT2D eigenvalue weighted by Crippen LogP contribution is -2.12. The van der Waals surface area contributed by atoms with E-state index in [1.54, 1.807) is 0 Å². The van der Waals surface area contributed by atoms with E-state index < -0.39 is 0 Å². The summed E-state index contributed by atoms with van der Waals surface area (Å²) in [7, 11) is 0. The second kappa shape index (κ2) is 14.3. The van der Waals surface area contributed by atoms with E-state index in [2.05, 4.69) is 68.2 Å². The number of hydrogen-bond acceptors (Lipinski definition) is 0. The normalized spacial score (nSPS) is 19.8. The van der Waals surface area contributed by atoms with Gasteiger partial charge in [-0.05, 0) is 79.7 Å². The predicted molar refractivity (Wildman–Crippen MR) is 125 cm³/mol. The Morgan fingerprint density at radius 2 is 1.50 bits per heavy atom. The van der Waals surface area contributed by atoms with Gasteiger partial charge in [-0.1, -0.05) is 94.6 Å². The zero-order valence-electron chi connectivity index (χ0n) is 18.3. The summed E-state index contributed by atoms with van der Waals surface area (Å²) in [5.74, 6) is 8.08. The summed E-state index contributed by atoms with van der Waals surface area (Å²) < 4.78 is 0. The fourth-order valence-electron chi connectivity index (χ4n) is 4.15. The smallest absolute Gasteiger partial charge is 0.0109 e. The van der Waals surface area contributed by atoms with Crippen LogP contribution in [0.15, 0.2) is 42.5 Å². The van der Waals surface area contributed by atoms with Gasteiger partial charge in [-0.25, -0.2) is 0 Å². The lowest BCUT2D eigenvalue weighted by Gasteiger charge is -2.26. The topological polar surface area (TPSA) is 0 Å². The van der Waals surface area contributed by atoms with Crippen LogP contribution < -0.4 is 0 Å². The van der Waals surface area contributed by atoms with Crippen molar-refractivity contribution in [1.29, 1.82) is 0 Å². The first kappa shape index (κ1) is 22.5. The van der Waals surface area contributed by atoms with Crippen LogP contribution in [0.25, 0.3) is 6.08 Å². The summed E-state index contributed by atoms with van der Waals surface area (Å²) >= 11 is 0. The second-order valence-electron chi connectivity index (χ2n) is 8.46. The Bertz CT molecular complexity index is 627. The van der Waals surface area contributed by atoms with E-state index in [9.17, 15) is 0 Å². The molecule has 1 aromatic rings. The van der Waals surface area contributed by atoms with Crippen LogP contribution >= 0.6 is 0 Å². The van der Waals surface area contributed by atoms with Crippen molar-refractivity contribution >= 4 is 6.08 Å². The number of aryl methyl sites for hydroxylation is 1. The van der Waals surface area contributed by atoms with E-state index in [1.807, 2.05) is 6.08 Å². The molecular formula is C28H40. The van der Waals surface area contributed by atoms with Gasteiger partial charge in [-0.15, -0.1) is 0 Å². The molecule has 1 aliphatic rings. The fraction of sp³-hybridized carbons (Fsp3) is 0.571. The fourth-order valence-corrected chi connectivity index (χ4v) is 4.15. The molecule has 1 aliphatic carbocycles. The molecule has 28 heavy (non-hydrogen) atoms. The Labute approximate surface area is 174 Å². The number of rotatable bonds is 10. The largest absolute Gasteiger partial charge is 0.0730 e. The second-order valence-corrected chi connectivity index (χ2v) is 8.46. The van der Waals surface area contributed by atoms with Crippen molar-refractivity contribution in [2.24, 2.45) is 11.8 Å². The Balaban J connectivity index is 1.66. The van der Waals surface area contributed by atoms with Gasteiger partial charge < -0.3 is 0 Å². The Morgan fingerprint density at radius 3 is 2.21 bits per heavy atom. The molecule has 2 rings (SSSR count). The molecule has 1 aromatic carbocycles. The van der Waals surface area contributed by atoms with Crippen LogP contribution in [-0.2, 0) is 6.42 Å². The molecule has 0 heterocycles. The molecule has 0 unspecified atom stereocenters. The maximum absolute atomic E-state index is 3.18. The monoisotopic (exact) mass is 376 g/mol. The van der Waals surface area contributed by atoms with Crippen molar-refractivity contribution in [2.45, 2.75) is 90.9 Å². The Hall–Kier alpha value is -1.74. The van der Waals surface area contributed by atoms with Gasteiger partial charge in [0.05, 0.1) is 0 Å².